The summed E-state index contributed by atoms with van der Waals surface area (Å²) >= 11 is 0. The first kappa shape index (κ1) is 41.1. The Morgan fingerprint density at radius 3 is 1.29 bits per heavy atom. The third-order valence-electron chi connectivity index (χ3n) is 11.0. The van der Waals surface area contributed by atoms with E-state index in [4.69, 9.17) is 23.5 Å². The van der Waals surface area contributed by atoms with Crippen molar-refractivity contribution in [3.05, 3.63) is 169 Å². The van der Waals surface area contributed by atoms with Crippen molar-refractivity contribution in [1.29, 1.82) is 0 Å². The van der Waals surface area contributed by atoms with Gasteiger partial charge in [-0.3, -0.25) is 0 Å². The summed E-state index contributed by atoms with van der Waals surface area (Å²) in [5.74, 6) is 2.71. The Kier molecular flexibility index (Phi) is 10.7. The Morgan fingerprint density at radius 1 is 0.484 bits per heavy atom. The Balaban J connectivity index is 0.00000490. The van der Waals surface area contributed by atoms with Gasteiger partial charge in [-0.1, -0.05) is 172 Å². The van der Waals surface area contributed by atoms with Gasteiger partial charge in [-0.05, 0) is 59.1 Å². The third kappa shape index (κ3) is 8.35. The molecule has 308 valence electrons. The molecule has 0 spiro atoms. The summed E-state index contributed by atoms with van der Waals surface area (Å²) in [5, 5.41) is 5.76. The van der Waals surface area contributed by atoms with Crippen LogP contribution in [0.1, 0.15) is 52.7 Å². The fourth-order valence-electron chi connectivity index (χ4n) is 8.34. The molecule has 0 aliphatic carbocycles. The standard InChI is InChI=1S/C56H46N2O3.Pt/c1-55(2,3)33-35-15-19-37(20-16-35)47-29-41-23-25-57-51(53(41)60-47)43-27-39-11-7-9-13-45(39)49(31-43)59-50-32-44(28-40-12-8-10-14-46(40)50)52-54-42(24-26-58-52)30-48(61-54)38-21-17-36(18-22-38)34-56(4,5)6;/h7-30H,33-34H2,1-6H3;/q-2;+2. The summed E-state index contributed by atoms with van der Waals surface area (Å²) in [6.45, 7) is 13.6. The molecule has 6 aromatic carbocycles. The van der Waals surface area contributed by atoms with E-state index >= 15 is 0 Å². The maximum absolute atomic E-state index is 6.97. The minimum absolute atomic E-state index is 0. The van der Waals surface area contributed by atoms with Gasteiger partial charge in [0.15, 0.2) is 0 Å². The molecule has 62 heavy (non-hydrogen) atoms. The molecule has 10 rings (SSSR count). The van der Waals surface area contributed by atoms with Crippen LogP contribution in [0.5, 0.6) is 11.5 Å². The SMILES string of the molecule is CC(C)(C)Cc1ccc(-c2cc3ccnc(-c4[c-]c(Oc5[c-]c(-c6nccc7cc(-c8ccc(CC(C)(C)C)cc8)oc67)cc6ccccc56)c5ccccc5c4)c3o2)cc1.[Pt+2]. The largest absolute Gasteiger partial charge is 2.00 e. The summed E-state index contributed by atoms with van der Waals surface area (Å²) in [6.07, 6.45) is 5.67. The van der Waals surface area contributed by atoms with Crippen LogP contribution in [0.3, 0.4) is 0 Å². The molecular weight excluding hydrogens is 944 g/mol. The zero-order valence-electron chi connectivity index (χ0n) is 35.7. The second-order valence-corrected chi connectivity index (χ2v) is 18.5. The van der Waals surface area contributed by atoms with Gasteiger partial charge >= 0.3 is 21.1 Å². The van der Waals surface area contributed by atoms with Crippen molar-refractivity contribution < 1.29 is 34.6 Å². The number of fused-ring (bicyclic) bond motifs is 4. The third-order valence-corrected chi connectivity index (χ3v) is 11.0. The van der Waals surface area contributed by atoms with E-state index in [1.54, 1.807) is 0 Å². The van der Waals surface area contributed by atoms with Crippen LogP contribution in [-0.2, 0) is 33.9 Å². The predicted octanol–water partition coefficient (Wildman–Crippen LogP) is 15.5. The van der Waals surface area contributed by atoms with Crippen LogP contribution in [0.15, 0.2) is 155 Å². The molecule has 0 atom stereocenters. The van der Waals surface area contributed by atoms with Gasteiger partial charge in [-0.15, -0.1) is 23.3 Å². The molecule has 0 aliphatic rings. The molecule has 0 bridgehead atoms. The fraction of sp³-hybridized carbons (Fsp3) is 0.179. The van der Waals surface area contributed by atoms with Crippen molar-refractivity contribution in [3.8, 4) is 56.7 Å². The van der Waals surface area contributed by atoms with Crippen LogP contribution < -0.4 is 4.74 Å². The van der Waals surface area contributed by atoms with E-state index in [2.05, 4.69) is 151 Å². The van der Waals surface area contributed by atoms with Crippen LogP contribution >= 0.6 is 0 Å². The average molecular weight is 990 g/mol. The number of hydrogen-bond acceptors (Lipinski definition) is 5. The predicted molar refractivity (Wildman–Crippen MR) is 249 cm³/mol. The number of pyridine rings is 2. The molecule has 10 aromatic rings. The molecular formula is C56H46N2O3Pt. The number of rotatable bonds is 8. The number of furan rings is 2. The van der Waals surface area contributed by atoms with Crippen LogP contribution in [0.2, 0.25) is 0 Å². The van der Waals surface area contributed by atoms with Crippen molar-refractivity contribution in [3.63, 3.8) is 0 Å². The zero-order chi connectivity index (χ0) is 41.9. The maximum Gasteiger partial charge on any atom is 2.00 e. The minimum atomic E-state index is 0. The van der Waals surface area contributed by atoms with E-state index in [0.717, 1.165) is 78.9 Å². The van der Waals surface area contributed by atoms with Crippen molar-refractivity contribution >= 4 is 43.5 Å². The first-order valence-electron chi connectivity index (χ1n) is 21.0. The molecule has 6 heteroatoms. The van der Waals surface area contributed by atoms with Gasteiger partial charge in [0.1, 0.15) is 22.7 Å². The summed E-state index contributed by atoms with van der Waals surface area (Å²) in [5.41, 5.74) is 9.40. The Morgan fingerprint density at radius 2 is 0.887 bits per heavy atom. The van der Waals surface area contributed by atoms with E-state index < -0.39 is 0 Å². The van der Waals surface area contributed by atoms with E-state index in [-0.39, 0.29) is 31.9 Å². The van der Waals surface area contributed by atoms with Crippen molar-refractivity contribution in [2.45, 2.75) is 54.4 Å². The summed E-state index contributed by atoms with van der Waals surface area (Å²) < 4.78 is 20.2. The van der Waals surface area contributed by atoms with Gasteiger partial charge in [0.25, 0.3) is 0 Å². The van der Waals surface area contributed by atoms with Crippen LogP contribution in [0.4, 0.5) is 0 Å². The Bertz CT molecular complexity index is 3020. The maximum atomic E-state index is 6.97. The molecule has 4 heterocycles. The number of benzene rings is 6. The molecule has 0 amide bonds. The Labute approximate surface area is 377 Å². The smallest absolute Gasteiger partial charge is 0.495 e. The van der Waals surface area contributed by atoms with Crippen LogP contribution in [0, 0.1) is 23.0 Å². The molecule has 0 saturated heterocycles. The van der Waals surface area contributed by atoms with Gasteiger partial charge in [-0.25, -0.2) is 0 Å². The summed E-state index contributed by atoms with van der Waals surface area (Å²) in [4.78, 5) is 9.72. The van der Waals surface area contributed by atoms with Gasteiger partial charge in [0, 0.05) is 45.7 Å². The van der Waals surface area contributed by atoms with Gasteiger partial charge in [0.05, 0.1) is 11.5 Å². The van der Waals surface area contributed by atoms with Gasteiger partial charge in [-0.2, -0.15) is 0 Å². The van der Waals surface area contributed by atoms with E-state index in [1.165, 1.54) is 11.1 Å². The van der Waals surface area contributed by atoms with E-state index in [1.807, 2.05) is 48.8 Å². The zero-order valence-corrected chi connectivity index (χ0v) is 38.0. The second kappa shape index (κ2) is 16.2. The first-order chi connectivity index (χ1) is 29.4. The Hall–Kier alpha value is -6.29. The minimum Gasteiger partial charge on any atom is -0.495 e. The number of nitrogens with zero attached hydrogens (tertiary/aromatic N) is 2. The van der Waals surface area contributed by atoms with E-state index in [9.17, 15) is 0 Å². The number of hydrogen-bond donors (Lipinski definition) is 0. The van der Waals surface area contributed by atoms with E-state index in [0.29, 0.717) is 34.1 Å². The monoisotopic (exact) mass is 989 g/mol. The van der Waals surface area contributed by atoms with Gasteiger partial charge in [0.2, 0.25) is 0 Å². The number of ether oxygens (including phenoxy) is 1. The topological polar surface area (TPSA) is 61.3 Å². The first-order valence-corrected chi connectivity index (χ1v) is 21.0. The summed E-state index contributed by atoms with van der Waals surface area (Å²) in [6, 6.07) is 53.3. The van der Waals surface area contributed by atoms with Crippen molar-refractivity contribution in [1.82, 2.24) is 9.97 Å². The fourth-order valence-corrected chi connectivity index (χ4v) is 8.34. The van der Waals surface area contributed by atoms with Crippen LogP contribution in [-0.4, -0.2) is 9.97 Å². The van der Waals surface area contributed by atoms with Gasteiger partial charge < -0.3 is 23.5 Å². The molecule has 0 saturated carbocycles. The molecule has 0 N–H and O–H groups in total. The molecule has 0 unspecified atom stereocenters. The summed E-state index contributed by atoms with van der Waals surface area (Å²) in [7, 11) is 0. The molecule has 0 radical (unpaired) electrons. The average Bonchev–Trinajstić information content (AvgIpc) is 3.88. The van der Waals surface area contributed by atoms with Crippen LogP contribution in [0.25, 0.3) is 88.6 Å². The normalized spacial score (nSPS) is 12.0. The van der Waals surface area contributed by atoms with Crippen molar-refractivity contribution in [2.24, 2.45) is 10.8 Å². The number of aromatic nitrogens is 2. The van der Waals surface area contributed by atoms with Crippen molar-refractivity contribution in [2.75, 3.05) is 0 Å². The molecule has 5 nitrogen and oxygen atoms in total. The quantitative estimate of drug-likeness (QED) is 0.142. The molecule has 0 aliphatic heterocycles. The second-order valence-electron chi connectivity index (χ2n) is 18.5. The molecule has 4 aromatic heterocycles. The molecule has 0 fully saturated rings.